The quantitative estimate of drug-likeness (QED) is 0.424. The molecule has 0 saturated carbocycles. The smallest absolute Gasteiger partial charge is 0.323 e. The number of amides is 2. The number of nitrogens with two attached hydrogens (primary N) is 1. The van der Waals surface area contributed by atoms with E-state index in [0.717, 1.165) is 11.1 Å². The van der Waals surface area contributed by atoms with Gasteiger partial charge in [0.1, 0.15) is 11.5 Å². The lowest BCUT2D eigenvalue weighted by atomic mass is 10.0. The third kappa shape index (κ3) is 4.56. The van der Waals surface area contributed by atoms with E-state index in [1.54, 1.807) is 35.1 Å². The van der Waals surface area contributed by atoms with E-state index in [4.69, 9.17) is 5.73 Å². The van der Waals surface area contributed by atoms with Gasteiger partial charge in [0, 0.05) is 30.2 Å². The lowest BCUT2D eigenvalue weighted by Gasteiger charge is -2.11. The fourth-order valence-corrected chi connectivity index (χ4v) is 3.29. The maximum atomic E-state index is 14.5. The normalized spacial score (nSPS) is 10.7. The van der Waals surface area contributed by atoms with Crippen LogP contribution in [0.1, 0.15) is 12.5 Å². The number of anilines is 3. The average Bonchev–Trinajstić information content (AvgIpc) is 3.20. The number of halogens is 1. The van der Waals surface area contributed by atoms with E-state index in [1.165, 1.54) is 6.07 Å². The molecule has 0 atom stereocenters. The molecule has 4 N–H and O–H groups in total. The summed E-state index contributed by atoms with van der Waals surface area (Å²) in [6.07, 6.45) is 3.40. The summed E-state index contributed by atoms with van der Waals surface area (Å²) in [5, 5.41) is 9.86. The SMILES string of the molecule is CCn1cc(-c2ccc(F)c(NC(=O)Nc3cccc(C)c3)c2)c(-c2ccnc(N)n2)n1. The number of nitrogens with one attached hydrogen (secondary N) is 2. The molecule has 0 radical (unpaired) electrons. The average molecular weight is 431 g/mol. The van der Waals surface area contributed by atoms with Crippen LogP contribution in [-0.4, -0.2) is 25.8 Å². The molecule has 0 aliphatic heterocycles. The molecule has 8 nitrogen and oxygen atoms in total. The topological polar surface area (TPSA) is 111 Å². The number of benzene rings is 2. The summed E-state index contributed by atoms with van der Waals surface area (Å²) in [6.45, 7) is 4.52. The van der Waals surface area contributed by atoms with Crippen LogP contribution in [0.3, 0.4) is 0 Å². The third-order valence-electron chi connectivity index (χ3n) is 4.80. The Bertz CT molecular complexity index is 1290. The zero-order valence-corrected chi connectivity index (χ0v) is 17.6. The zero-order valence-electron chi connectivity index (χ0n) is 17.6. The molecule has 0 unspecified atom stereocenters. The molecule has 4 rings (SSSR count). The molecule has 162 valence electrons. The number of nitrogens with zero attached hydrogens (tertiary/aromatic N) is 4. The summed E-state index contributed by atoms with van der Waals surface area (Å²) in [5.74, 6) is -0.419. The van der Waals surface area contributed by atoms with E-state index in [9.17, 15) is 9.18 Å². The molecule has 0 aliphatic carbocycles. The van der Waals surface area contributed by atoms with Gasteiger partial charge in [0.05, 0.1) is 11.4 Å². The third-order valence-corrected chi connectivity index (χ3v) is 4.80. The predicted molar refractivity (Wildman–Crippen MR) is 123 cm³/mol. The van der Waals surface area contributed by atoms with Crippen LogP contribution in [0.5, 0.6) is 0 Å². The Labute approximate surface area is 184 Å². The first-order chi connectivity index (χ1) is 15.4. The second-order valence-electron chi connectivity index (χ2n) is 7.19. The number of aryl methyl sites for hydroxylation is 2. The molecule has 2 aromatic heterocycles. The second kappa shape index (κ2) is 8.84. The highest BCUT2D eigenvalue weighted by Crippen LogP contribution is 2.32. The van der Waals surface area contributed by atoms with Gasteiger partial charge in [-0.1, -0.05) is 18.2 Å². The molecule has 0 spiro atoms. The lowest BCUT2D eigenvalue weighted by Crippen LogP contribution is -2.20. The van der Waals surface area contributed by atoms with Crippen molar-refractivity contribution in [3.05, 3.63) is 72.3 Å². The highest BCUT2D eigenvalue weighted by atomic mass is 19.1. The van der Waals surface area contributed by atoms with Gasteiger partial charge in [0.2, 0.25) is 5.95 Å². The molecular weight excluding hydrogens is 409 g/mol. The Kier molecular flexibility index (Phi) is 5.80. The summed E-state index contributed by atoms with van der Waals surface area (Å²) < 4.78 is 16.2. The van der Waals surface area contributed by atoms with Crippen LogP contribution in [-0.2, 0) is 6.54 Å². The van der Waals surface area contributed by atoms with Crippen LogP contribution in [0.4, 0.5) is 26.5 Å². The number of rotatable bonds is 5. The standard InChI is InChI=1S/C23H22FN7O/c1-3-31-13-17(21(30-31)19-9-10-26-22(25)28-19)15-7-8-18(24)20(12-15)29-23(32)27-16-6-4-5-14(2)11-16/h4-13H,3H2,1-2H3,(H2,25,26,28)(H2,27,29,32). The molecule has 2 heterocycles. The molecule has 2 amide bonds. The number of hydrogen-bond donors (Lipinski definition) is 3. The van der Waals surface area contributed by atoms with Crippen LogP contribution in [0.2, 0.25) is 0 Å². The van der Waals surface area contributed by atoms with Crippen molar-refractivity contribution >= 4 is 23.4 Å². The molecular formula is C23H22FN7O. The van der Waals surface area contributed by atoms with E-state index >= 15 is 0 Å². The second-order valence-corrected chi connectivity index (χ2v) is 7.19. The van der Waals surface area contributed by atoms with Crippen molar-refractivity contribution in [3.8, 4) is 22.5 Å². The highest BCUT2D eigenvalue weighted by molar-refractivity contribution is 6.00. The van der Waals surface area contributed by atoms with Crippen LogP contribution < -0.4 is 16.4 Å². The first kappa shape index (κ1) is 21.0. The van der Waals surface area contributed by atoms with Crippen LogP contribution in [0.25, 0.3) is 22.5 Å². The van der Waals surface area contributed by atoms with Gasteiger partial charge >= 0.3 is 6.03 Å². The van der Waals surface area contributed by atoms with E-state index < -0.39 is 11.8 Å². The molecule has 9 heteroatoms. The first-order valence-electron chi connectivity index (χ1n) is 10.0. The molecule has 0 fully saturated rings. The van der Waals surface area contributed by atoms with Crippen molar-refractivity contribution in [2.75, 3.05) is 16.4 Å². The van der Waals surface area contributed by atoms with Crippen molar-refractivity contribution in [1.29, 1.82) is 0 Å². The Morgan fingerprint density at radius 2 is 2.00 bits per heavy atom. The van der Waals surface area contributed by atoms with Gasteiger partial charge in [-0.2, -0.15) is 5.10 Å². The summed E-state index contributed by atoms with van der Waals surface area (Å²) >= 11 is 0. The molecule has 0 bridgehead atoms. The van der Waals surface area contributed by atoms with Crippen molar-refractivity contribution in [1.82, 2.24) is 19.7 Å². The number of carbonyl (C=O) groups excluding carboxylic acids is 1. The number of aromatic nitrogens is 4. The van der Waals surface area contributed by atoms with Gasteiger partial charge in [-0.05, 0) is 55.3 Å². The van der Waals surface area contributed by atoms with Gasteiger partial charge < -0.3 is 16.4 Å². The van der Waals surface area contributed by atoms with E-state index in [-0.39, 0.29) is 11.6 Å². The van der Waals surface area contributed by atoms with E-state index in [2.05, 4.69) is 25.7 Å². The van der Waals surface area contributed by atoms with Gasteiger partial charge in [-0.25, -0.2) is 19.2 Å². The monoisotopic (exact) mass is 431 g/mol. The zero-order chi connectivity index (χ0) is 22.7. The van der Waals surface area contributed by atoms with E-state index in [1.807, 2.05) is 38.2 Å². The Morgan fingerprint density at radius 1 is 1.16 bits per heavy atom. The highest BCUT2D eigenvalue weighted by Gasteiger charge is 2.17. The molecule has 2 aromatic carbocycles. The van der Waals surface area contributed by atoms with Crippen LogP contribution in [0, 0.1) is 12.7 Å². The Balaban J connectivity index is 1.65. The fourth-order valence-electron chi connectivity index (χ4n) is 3.29. The number of urea groups is 1. The van der Waals surface area contributed by atoms with Gasteiger partial charge in [-0.3, -0.25) is 4.68 Å². The number of nitrogen functional groups attached to an aromatic ring is 1. The summed E-state index contributed by atoms with van der Waals surface area (Å²) in [6, 6.07) is 13.0. The molecule has 0 saturated heterocycles. The lowest BCUT2D eigenvalue weighted by molar-refractivity contribution is 0.262. The molecule has 0 aliphatic rings. The Hall–Kier alpha value is -4.27. The number of carbonyl (C=O) groups is 1. The van der Waals surface area contributed by atoms with Crippen molar-refractivity contribution < 1.29 is 9.18 Å². The maximum Gasteiger partial charge on any atom is 0.323 e. The molecule has 32 heavy (non-hydrogen) atoms. The summed E-state index contributed by atoms with van der Waals surface area (Å²) in [4.78, 5) is 20.6. The van der Waals surface area contributed by atoms with Crippen molar-refractivity contribution in [2.24, 2.45) is 0 Å². The summed E-state index contributed by atoms with van der Waals surface area (Å²) in [7, 11) is 0. The van der Waals surface area contributed by atoms with Crippen molar-refractivity contribution in [3.63, 3.8) is 0 Å². The van der Waals surface area contributed by atoms with E-state index in [0.29, 0.717) is 29.2 Å². The first-order valence-corrected chi connectivity index (χ1v) is 10.0. The predicted octanol–water partition coefficient (Wildman–Crippen LogP) is 4.70. The Morgan fingerprint density at radius 3 is 2.75 bits per heavy atom. The van der Waals surface area contributed by atoms with Crippen LogP contribution >= 0.6 is 0 Å². The largest absolute Gasteiger partial charge is 0.368 e. The number of hydrogen-bond acceptors (Lipinski definition) is 5. The minimum atomic E-state index is -0.552. The summed E-state index contributed by atoms with van der Waals surface area (Å²) in [5.41, 5.74) is 9.94. The molecule has 4 aromatic rings. The minimum Gasteiger partial charge on any atom is -0.368 e. The fraction of sp³-hybridized carbons (Fsp3) is 0.130. The van der Waals surface area contributed by atoms with Gasteiger partial charge in [0.15, 0.2) is 0 Å². The van der Waals surface area contributed by atoms with Crippen LogP contribution in [0.15, 0.2) is 60.9 Å². The van der Waals surface area contributed by atoms with Gasteiger partial charge in [0.25, 0.3) is 0 Å². The van der Waals surface area contributed by atoms with Crippen molar-refractivity contribution in [2.45, 2.75) is 20.4 Å². The minimum absolute atomic E-state index is 0.0463. The maximum absolute atomic E-state index is 14.5. The van der Waals surface area contributed by atoms with Gasteiger partial charge in [-0.15, -0.1) is 0 Å².